The van der Waals surface area contributed by atoms with Crippen molar-refractivity contribution in [2.75, 3.05) is 16.8 Å². The summed E-state index contributed by atoms with van der Waals surface area (Å²) in [5, 5.41) is 3.16. The van der Waals surface area contributed by atoms with E-state index in [4.69, 9.17) is 16.3 Å². The van der Waals surface area contributed by atoms with Crippen LogP contribution in [0.2, 0.25) is 5.02 Å². The Bertz CT molecular complexity index is 1190. The van der Waals surface area contributed by atoms with Crippen molar-refractivity contribution in [2.45, 2.75) is 26.2 Å². The molecule has 2 aliphatic carbocycles. The van der Waals surface area contributed by atoms with E-state index in [2.05, 4.69) is 21.2 Å². The van der Waals surface area contributed by atoms with Crippen molar-refractivity contribution in [1.82, 2.24) is 0 Å². The molecule has 1 saturated heterocycles. The Labute approximate surface area is 209 Å². The molecule has 3 fully saturated rings. The molecular weight excluding hydrogens is 524 g/mol. The van der Waals surface area contributed by atoms with Gasteiger partial charge in [-0.15, -0.1) is 0 Å². The summed E-state index contributed by atoms with van der Waals surface area (Å²) >= 11 is 9.49. The van der Waals surface area contributed by atoms with Crippen LogP contribution < -0.4 is 10.2 Å². The van der Waals surface area contributed by atoms with Crippen LogP contribution in [0.5, 0.6) is 0 Å². The van der Waals surface area contributed by atoms with Crippen LogP contribution in [0.4, 0.5) is 11.4 Å². The first kappa shape index (κ1) is 23.1. The second-order valence-electron chi connectivity index (χ2n) is 9.10. The summed E-state index contributed by atoms with van der Waals surface area (Å²) in [6.07, 6.45) is 3.02. The van der Waals surface area contributed by atoms with E-state index < -0.39 is 18.5 Å². The molecule has 2 saturated carbocycles. The van der Waals surface area contributed by atoms with Crippen LogP contribution in [0, 0.1) is 30.6 Å². The Morgan fingerprint density at radius 3 is 2.29 bits per heavy atom. The number of nitrogens with zero attached hydrogens (tertiary/aromatic N) is 1. The number of amides is 3. The molecule has 1 N–H and O–H groups in total. The van der Waals surface area contributed by atoms with Gasteiger partial charge in [-0.2, -0.15) is 0 Å². The van der Waals surface area contributed by atoms with Gasteiger partial charge in [-0.05, 0) is 95.9 Å². The van der Waals surface area contributed by atoms with Gasteiger partial charge in [0, 0.05) is 10.2 Å². The Hall–Kier alpha value is -2.71. The van der Waals surface area contributed by atoms with Crippen molar-refractivity contribution in [2.24, 2.45) is 23.7 Å². The summed E-state index contributed by atoms with van der Waals surface area (Å²) in [4.78, 5) is 51.8. The van der Waals surface area contributed by atoms with Gasteiger partial charge in [-0.1, -0.05) is 11.6 Å². The molecule has 2 bridgehead atoms. The number of carbonyl (C=O) groups is 4. The number of imide groups is 1. The molecule has 0 aromatic heterocycles. The lowest BCUT2D eigenvalue weighted by atomic mass is 9.81. The first-order valence-corrected chi connectivity index (χ1v) is 12.3. The molecule has 4 atom stereocenters. The highest BCUT2D eigenvalue weighted by Gasteiger charge is 2.61. The van der Waals surface area contributed by atoms with Crippen LogP contribution in [-0.4, -0.2) is 30.3 Å². The minimum Gasteiger partial charge on any atom is -0.452 e. The molecule has 3 aliphatic rings. The lowest BCUT2D eigenvalue weighted by Gasteiger charge is -2.19. The minimum atomic E-state index is -0.679. The van der Waals surface area contributed by atoms with E-state index in [1.807, 2.05) is 0 Å². The zero-order chi connectivity index (χ0) is 24.1. The van der Waals surface area contributed by atoms with Crippen LogP contribution in [0.25, 0.3) is 0 Å². The highest BCUT2D eigenvalue weighted by Crippen LogP contribution is 2.56. The molecule has 1 aliphatic heterocycles. The van der Waals surface area contributed by atoms with Crippen LogP contribution in [0.1, 0.15) is 35.2 Å². The predicted octanol–water partition coefficient (Wildman–Crippen LogP) is 4.74. The molecule has 176 valence electrons. The third-order valence-electron chi connectivity index (χ3n) is 7.24. The summed E-state index contributed by atoms with van der Waals surface area (Å²) in [7, 11) is 0. The third kappa shape index (κ3) is 3.82. The monoisotopic (exact) mass is 544 g/mol. The van der Waals surface area contributed by atoms with Crippen molar-refractivity contribution in [3.8, 4) is 0 Å². The number of nitrogens with one attached hydrogen (secondary N) is 1. The number of carbonyl (C=O) groups excluding carboxylic acids is 4. The van der Waals surface area contributed by atoms with E-state index in [-0.39, 0.29) is 29.2 Å². The van der Waals surface area contributed by atoms with Crippen molar-refractivity contribution in [1.29, 1.82) is 0 Å². The number of fused-ring (bicyclic) bond motifs is 5. The van der Waals surface area contributed by atoms with Crippen molar-refractivity contribution >= 4 is 62.6 Å². The summed E-state index contributed by atoms with van der Waals surface area (Å²) in [6, 6.07) is 9.55. The van der Waals surface area contributed by atoms with Crippen LogP contribution in [-0.2, 0) is 19.1 Å². The first-order valence-electron chi connectivity index (χ1n) is 11.2. The van der Waals surface area contributed by atoms with Gasteiger partial charge in [-0.3, -0.25) is 19.3 Å². The van der Waals surface area contributed by atoms with E-state index >= 15 is 0 Å². The molecule has 34 heavy (non-hydrogen) atoms. The molecule has 2 aromatic rings. The molecule has 9 heteroatoms. The predicted molar refractivity (Wildman–Crippen MR) is 130 cm³/mol. The maximum Gasteiger partial charge on any atom is 0.338 e. The zero-order valence-electron chi connectivity index (χ0n) is 18.3. The molecule has 0 unspecified atom stereocenters. The number of anilines is 2. The lowest BCUT2D eigenvalue weighted by molar-refractivity contribution is -0.123. The number of halogens is 2. The Morgan fingerprint density at radius 2 is 1.68 bits per heavy atom. The van der Waals surface area contributed by atoms with Gasteiger partial charge >= 0.3 is 5.97 Å². The van der Waals surface area contributed by atoms with Gasteiger partial charge in [0.1, 0.15) is 0 Å². The van der Waals surface area contributed by atoms with Crippen LogP contribution >= 0.6 is 27.5 Å². The maximum atomic E-state index is 13.0. The van der Waals surface area contributed by atoms with Gasteiger partial charge in [0.2, 0.25) is 11.8 Å². The molecule has 7 nitrogen and oxygen atoms in total. The van der Waals surface area contributed by atoms with Crippen molar-refractivity contribution in [3.05, 3.63) is 57.0 Å². The summed E-state index contributed by atoms with van der Waals surface area (Å²) in [5.74, 6) is -1.20. The normalized spacial score (nSPS) is 25.0. The summed E-state index contributed by atoms with van der Waals surface area (Å²) in [6.45, 7) is 1.30. The fraction of sp³-hybridized carbons (Fsp3) is 0.360. The maximum absolute atomic E-state index is 13.0. The quantitative estimate of drug-likeness (QED) is 0.433. The van der Waals surface area contributed by atoms with Crippen LogP contribution in [0.3, 0.4) is 0 Å². The molecule has 0 spiro atoms. The fourth-order valence-corrected chi connectivity index (χ4v) is 6.19. The Balaban J connectivity index is 1.20. The highest BCUT2D eigenvalue weighted by atomic mass is 79.9. The largest absolute Gasteiger partial charge is 0.452 e. The number of hydrogen-bond acceptors (Lipinski definition) is 5. The fourth-order valence-electron chi connectivity index (χ4n) is 5.60. The minimum absolute atomic E-state index is 0.127. The zero-order valence-corrected chi connectivity index (χ0v) is 20.7. The van der Waals surface area contributed by atoms with Gasteiger partial charge in [0.25, 0.3) is 5.91 Å². The van der Waals surface area contributed by atoms with E-state index in [0.29, 0.717) is 38.3 Å². The number of esters is 1. The number of rotatable bonds is 5. The smallest absolute Gasteiger partial charge is 0.338 e. The molecule has 3 amide bonds. The Morgan fingerprint density at radius 1 is 1.06 bits per heavy atom. The number of hydrogen-bond donors (Lipinski definition) is 1. The second-order valence-corrected chi connectivity index (χ2v) is 10.3. The third-order valence-corrected chi connectivity index (χ3v) is 8.61. The molecule has 0 radical (unpaired) electrons. The summed E-state index contributed by atoms with van der Waals surface area (Å²) in [5.41, 5.74) is 1.89. The summed E-state index contributed by atoms with van der Waals surface area (Å²) < 4.78 is 5.84. The van der Waals surface area contributed by atoms with E-state index in [0.717, 1.165) is 19.3 Å². The van der Waals surface area contributed by atoms with Crippen molar-refractivity contribution < 1.29 is 23.9 Å². The van der Waals surface area contributed by atoms with Gasteiger partial charge in [0.05, 0.1) is 28.1 Å². The van der Waals surface area contributed by atoms with E-state index in [1.165, 1.54) is 17.0 Å². The standard InChI is InChI=1S/C25H22BrClN2O5/c1-12-18(9-8-17(26)22(12)27)28-19(30)11-34-25(33)13-4-6-16(7-5-13)29-23(31)20-14-2-3-15(10-14)21(20)24(29)32/h4-9,14-15,20-21H,2-3,10-11H2,1H3,(H,28,30)/t14-,15-,20+,21+/m0/s1. The van der Waals surface area contributed by atoms with Gasteiger partial charge in [0.15, 0.2) is 6.61 Å². The number of benzene rings is 2. The highest BCUT2D eigenvalue weighted by molar-refractivity contribution is 9.10. The molecule has 1 heterocycles. The van der Waals surface area contributed by atoms with Gasteiger partial charge < -0.3 is 10.1 Å². The SMILES string of the molecule is Cc1c(NC(=O)COC(=O)c2ccc(N3C(=O)[C@@H]4[C@H]5CC[C@@H](C5)[C@H]4C3=O)cc2)ccc(Br)c1Cl. The van der Waals surface area contributed by atoms with E-state index in [9.17, 15) is 19.2 Å². The molecule has 5 rings (SSSR count). The lowest BCUT2D eigenvalue weighted by Crippen LogP contribution is -2.32. The first-order chi connectivity index (χ1) is 16.3. The molecule has 2 aromatic carbocycles. The Kier molecular flexibility index (Phi) is 5.98. The second kappa shape index (κ2) is 8.82. The van der Waals surface area contributed by atoms with E-state index in [1.54, 1.807) is 31.2 Å². The number of ether oxygens (including phenoxy) is 1. The topological polar surface area (TPSA) is 92.8 Å². The van der Waals surface area contributed by atoms with Gasteiger partial charge in [-0.25, -0.2) is 4.79 Å². The van der Waals surface area contributed by atoms with Crippen molar-refractivity contribution in [3.63, 3.8) is 0 Å². The average Bonchev–Trinajstić information content (AvgIpc) is 3.51. The molecular formula is C25H22BrClN2O5. The van der Waals surface area contributed by atoms with Crippen LogP contribution in [0.15, 0.2) is 40.9 Å². The average molecular weight is 546 g/mol.